The Kier molecular flexibility index (Phi) is 3.80. The van der Waals surface area contributed by atoms with Crippen LogP contribution in [0.3, 0.4) is 0 Å². The van der Waals surface area contributed by atoms with E-state index in [0.717, 1.165) is 6.54 Å². The van der Waals surface area contributed by atoms with Crippen LogP contribution >= 0.6 is 0 Å². The van der Waals surface area contributed by atoms with E-state index in [1.54, 1.807) is 0 Å². The molecule has 0 saturated carbocycles. The third-order valence-electron chi connectivity index (χ3n) is 4.07. The standard InChI is InChI=1S/C15H23N3O/c1-10-7-12(3)13(8-11(10)2)14-9-18(6-5-16)15(19)17(14)4/h7-8,14H,5-6,9,16H2,1-4H3. The van der Waals surface area contributed by atoms with Crippen LogP contribution in [0.1, 0.15) is 28.3 Å². The molecule has 4 heteroatoms. The Morgan fingerprint density at radius 3 is 2.47 bits per heavy atom. The lowest BCUT2D eigenvalue weighted by Gasteiger charge is -2.21. The Morgan fingerprint density at radius 1 is 1.21 bits per heavy atom. The van der Waals surface area contributed by atoms with Gasteiger partial charge >= 0.3 is 6.03 Å². The van der Waals surface area contributed by atoms with Crippen molar-refractivity contribution in [2.45, 2.75) is 26.8 Å². The van der Waals surface area contributed by atoms with Crippen LogP contribution in [0.25, 0.3) is 0 Å². The first-order valence-corrected chi connectivity index (χ1v) is 6.75. The molecule has 4 nitrogen and oxygen atoms in total. The van der Waals surface area contributed by atoms with Crippen molar-refractivity contribution in [2.75, 3.05) is 26.7 Å². The van der Waals surface area contributed by atoms with E-state index in [-0.39, 0.29) is 12.1 Å². The summed E-state index contributed by atoms with van der Waals surface area (Å²) in [7, 11) is 1.87. The molecule has 1 aromatic carbocycles. The minimum atomic E-state index is 0.0769. The summed E-state index contributed by atoms with van der Waals surface area (Å²) in [5.41, 5.74) is 10.6. The predicted octanol–water partition coefficient (Wildman–Crippen LogP) is 1.98. The smallest absolute Gasteiger partial charge is 0.320 e. The molecular weight excluding hydrogens is 238 g/mol. The quantitative estimate of drug-likeness (QED) is 0.904. The van der Waals surface area contributed by atoms with Crippen molar-refractivity contribution in [3.8, 4) is 0 Å². The van der Waals surface area contributed by atoms with Gasteiger partial charge in [0.2, 0.25) is 0 Å². The van der Waals surface area contributed by atoms with Crippen LogP contribution in [0.4, 0.5) is 4.79 Å². The highest BCUT2D eigenvalue weighted by Crippen LogP contribution is 2.31. The summed E-state index contributed by atoms with van der Waals surface area (Å²) in [4.78, 5) is 15.8. The number of benzene rings is 1. The summed E-state index contributed by atoms with van der Waals surface area (Å²) in [6.45, 7) is 8.23. The van der Waals surface area contributed by atoms with Crippen LogP contribution in [-0.4, -0.2) is 42.5 Å². The van der Waals surface area contributed by atoms with E-state index in [1.165, 1.54) is 22.3 Å². The summed E-state index contributed by atoms with van der Waals surface area (Å²) in [6.07, 6.45) is 0. The Labute approximate surface area is 115 Å². The van der Waals surface area contributed by atoms with Crippen molar-refractivity contribution < 1.29 is 4.79 Å². The zero-order chi connectivity index (χ0) is 14.2. The summed E-state index contributed by atoms with van der Waals surface area (Å²) in [5, 5.41) is 0. The average molecular weight is 261 g/mol. The van der Waals surface area contributed by atoms with Gasteiger partial charge in [-0.3, -0.25) is 0 Å². The van der Waals surface area contributed by atoms with Gasteiger partial charge in [0.05, 0.1) is 6.04 Å². The average Bonchev–Trinajstić information content (AvgIpc) is 2.63. The fourth-order valence-electron chi connectivity index (χ4n) is 2.76. The number of rotatable bonds is 3. The predicted molar refractivity (Wildman–Crippen MR) is 77.2 cm³/mol. The van der Waals surface area contributed by atoms with Gasteiger partial charge in [0.1, 0.15) is 0 Å². The molecule has 0 spiro atoms. The molecule has 1 saturated heterocycles. The van der Waals surface area contributed by atoms with Crippen LogP contribution in [0.5, 0.6) is 0 Å². The molecule has 2 amide bonds. The highest BCUT2D eigenvalue weighted by atomic mass is 16.2. The van der Waals surface area contributed by atoms with Crippen molar-refractivity contribution in [1.82, 2.24) is 9.80 Å². The molecule has 1 aromatic rings. The van der Waals surface area contributed by atoms with Crippen molar-refractivity contribution >= 4 is 6.03 Å². The zero-order valence-corrected chi connectivity index (χ0v) is 12.2. The van der Waals surface area contributed by atoms with Crippen LogP contribution in [0.2, 0.25) is 0 Å². The lowest BCUT2D eigenvalue weighted by Crippen LogP contribution is -2.33. The lowest BCUT2D eigenvalue weighted by molar-refractivity contribution is 0.196. The van der Waals surface area contributed by atoms with Gasteiger partial charge in [0.15, 0.2) is 0 Å². The number of nitrogens with zero attached hydrogens (tertiary/aromatic N) is 2. The molecule has 2 rings (SSSR count). The van der Waals surface area contributed by atoms with Crippen molar-refractivity contribution in [2.24, 2.45) is 5.73 Å². The van der Waals surface area contributed by atoms with E-state index in [2.05, 4.69) is 32.9 Å². The van der Waals surface area contributed by atoms with Gasteiger partial charge in [0, 0.05) is 26.7 Å². The van der Waals surface area contributed by atoms with E-state index in [0.29, 0.717) is 13.1 Å². The van der Waals surface area contributed by atoms with Gasteiger partial charge in [0.25, 0.3) is 0 Å². The van der Waals surface area contributed by atoms with Gasteiger partial charge in [-0.05, 0) is 43.0 Å². The van der Waals surface area contributed by atoms with Crippen molar-refractivity contribution in [3.63, 3.8) is 0 Å². The molecule has 1 aliphatic heterocycles. The molecule has 0 aliphatic carbocycles. The third-order valence-corrected chi connectivity index (χ3v) is 4.07. The number of likely N-dealkylation sites (N-methyl/N-ethyl adjacent to an activating group) is 1. The Balaban J connectivity index is 2.32. The third kappa shape index (κ3) is 2.45. The summed E-state index contributed by atoms with van der Waals surface area (Å²) in [6, 6.07) is 4.63. The van der Waals surface area contributed by atoms with Crippen LogP contribution in [0, 0.1) is 20.8 Å². The fourth-order valence-corrected chi connectivity index (χ4v) is 2.76. The second-order valence-electron chi connectivity index (χ2n) is 5.44. The molecule has 0 aromatic heterocycles. The highest BCUT2D eigenvalue weighted by molar-refractivity contribution is 5.77. The number of carbonyl (C=O) groups is 1. The summed E-state index contributed by atoms with van der Waals surface area (Å²) >= 11 is 0. The Morgan fingerprint density at radius 2 is 1.84 bits per heavy atom. The number of urea groups is 1. The topological polar surface area (TPSA) is 49.6 Å². The molecule has 19 heavy (non-hydrogen) atoms. The minimum Gasteiger partial charge on any atom is -0.329 e. The SMILES string of the molecule is Cc1cc(C)c(C2CN(CCN)C(=O)N2C)cc1C. The van der Waals surface area contributed by atoms with Gasteiger partial charge in [-0.2, -0.15) is 0 Å². The van der Waals surface area contributed by atoms with Gasteiger partial charge < -0.3 is 15.5 Å². The molecule has 1 aliphatic rings. The highest BCUT2D eigenvalue weighted by Gasteiger charge is 2.35. The summed E-state index contributed by atoms with van der Waals surface area (Å²) in [5.74, 6) is 0. The zero-order valence-electron chi connectivity index (χ0n) is 12.2. The first-order chi connectivity index (χ1) is 8.95. The van der Waals surface area contributed by atoms with Gasteiger partial charge in [-0.15, -0.1) is 0 Å². The van der Waals surface area contributed by atoms with Gasteiger partial charge in [-0.1, -0.05) is 12.1 Å². The van der Waals surface area contributed by atoms with Crippen molar-refractivity contribution in [1.29, 1.82) is 0 Å². The van der Waals surface area contributed by atoms with Crippen molar-refractivity contribution in [3.05, 3.63) is 34.4 Å². The molecule has 1 heterocycles. The monoisotopic (exact) mass is 261 g/mol. The molecule has 1 atom stereocenters. The molecule has 0 radical (unpaired) electrons. The number of carbonyl (C=O) groups excluding carboxylic acids is 1. The maximum absolute atomic E-state index is 12.1. The van der Waals surface area contributed by atoms with E-state index >= 15 is 0 Å². The van der Waals surface area contributed by atoms with E-state index < -0.39 is 0 Å². The number of nitrogens with two attached hydrogens (primary N) is 1. The van der Waals surface area contributed by atoms with E-state index in [9.17, 15) is 4.79 Å². The maximum atomic E-state index is 12.1. The summed E-state index contributed by atoms with van der Waals surface area (Å²) < 4.78 is 0. The molecule has 1 unspecified atom stereocenters. The largest absolute Gasteiger partial charge is 0.329 e. The molecule has 0 bridgehead atoms. The molecule has 104 valence electrons. The normalized spacial score (nSPS) is 19.4. The Hall–Kier alpha value is -1.55. The first-order valence-electron chi connectivity index (χ1n) is 6.75. The number of hydrogen-bond acceptors (Lipinski definition) is 2. The van der Waals surface area contributed by atoms with Gasteiger partial charge in [-0.25, -0.2) is 4.79 Å². The first kappa shape index (κ1) is 13.9. The van der Waals surface area contributed by atoms with E-state index in [4.69, 9.17) is 5.73 Å². The van der Waals surface area contributed by atoms with E-state index in [1.807, 2.05) is 16.8 Å². The Bertz CT molecular complexity index is 498. The lowest BCUT2D eigenvalue weighted by atomic mass is 9.95. The number of hydrogen-bond donors (Lipinski definition) is 1. The second kappa shape index (κ2) is 5.21. The van der Waals surface area contributed by atoms with Crippen LogP contribution in [0.15, 0.2) is 12.1 Å². The second-order valence-corrected chi connectivity index (χ2v) is 5.44. The fraction of sp³-hybridized carbons (Fsp3) is 0.533. The van der Waals surface area contributed by atoms with Crippen LogP contribution < -0.4 is 5.73 Å². The number of amides is 2. The molecular formula is C15H23N3O. The number of aryl methyl sites for hydroxylation is 3. The maximum Gasteiger partial charge on any atom is 0.320 e. The van der Waals surface area contributed by atoms with Crippen LogP contribution in [-0.2, 0) is 0 Å². The molecule has 2 N–H and O–H groups in total. The minimum absolute atomic E-state index is 0.0769. The molecule has 1 fully saturated rings.